The predicted molar refractivity (Wildman–Crippen MR) is 71.1 cm³/mol. The lowest BCUT2D eigenvalue weighted by atomic mass is 10.1. The molecule has 0 spiro atoms. The molecule has 2 aromatic rings. The lowest BCUT2D eigenvalue weighted by Crippen LogP contribution is -1.97. The van der Waals surface area contributed by atoms with Gasteiger partial charge in [-0.1, -0.05) is 0 Å². The van der Waals surface area contributed by atoms with Gasteiger partial charge in [-0.2, -0.15) is 12.6 Å². The van der Waals surface area contributed by atoms with Crippen LogP contribution in [0.5, 0.6) is 11.5 Å². The van der Waals surface area contributed by atoms with Gasteiger partial charge in [0.05, 0.1) is 5.69 Å². The molecule has 1 aliphatic heterocycles. The zero-order valence-electron chi connectivity index (χ0n) is 9.67. The Bertz CT molecular complexity index is 575. The Hall–Kier alpha value is -1.75. The third-order valence-electron chi connectivity index (χ3n) is 2.71. The van der Waals surface area contributed by atoms with Crippen molar-refractivity contribution >= 4 is 12.6 Å². The van der Waals surface area contributed by atoms with Crippen LogP contribution in [0.1, 0.15) is 5.82 Å². The molecule has 18 heavy (non-hydrogen) atoms. The Labute approximate surface area is 110 Å². The molecule has 2 heterocycles. The van der Waals surface area contributed by atoms with Gasteiger partial charge in [-0.05, 0) is 30.0 Å². The molecule has 3 rings (SSSR count). The highest BCUT2D eigenvalue weighted by Crippen LogP contribution is 2.35. The molecule has 0 radical (unpaired) electrons. The minimum atomic E-state index is 0.285. The molecule has 0 bridgehead atoms. The second-order valence-corrected chi connectivity index (χ2v) is 4.35. The van der Waals surface area contributed by atoms with E-state index in [1.54, 1.807) is 6.20 Å². The summed E-state index contributed by atoms with van der Waals surface area (Å²) in [5.74, 6) is 3.09. The third kappa shape index (κ3) is 2.13. The smallest absolute Gasteiger partial charge is 0.231 e. The maximum Gasteiger partial charge on any atom is 0.231 e. The normalized spacial score (nSPS) is 12.7. The van der Waals surface area contributed by atoms with Crippen LogP contribution in [0.4, 0.5) is 0 Å². The van der Waals surface area contributed by atoms with Crippen LogP contribution >= 0.6 is 12.6 Å². The van der Waals surface area contributed by atoms with Crippen molar-refractivity contribution in [2.24, 2.45) is 0 Å². The molecule has 1 aromatic heterocycles. The van der Waals surface area contributed by atoms with Gasteiger partial charge in [0.25, 0.3) is 0 Å². The van der Waals surface area contributed by atoms with E-state index in [2.05, 4.69) is 22.6 Å². The fourth-order valence-corrected chi connectivity index (χ4v) is 2.04. The number of ether oxygens (including phenoxy) is 2. The molecule has 5 heteroatoms. The highest BCUT2D eigenvalue weighted by Gasteiger charge is 2.14. The maximum absolute atomic E-state index is 5.36. The monoisotopic (exact) mass is 260 g/mol. The van der Waals surface area contributed by atoms with Crippen molar-refractivity contribution in [3.05, 3.63) is 36.3 Å². The van der Waals surface area contributed by atoms with E-state index in [0.29, 0.717) is 0 Å². The van der Waals surface area contributed by atoms with Gasteiger partial charge in [0, 0.05) is 18.2 Å². The standard InChI is InChI=1S/C13H12N2O2S/c18-6-4-13-14-5-3-10(15-13)9-1-2-11-12(7-9)17-8-16-11/h1-3,5,7,18H,4,6,8H2. The topological polar surface area (TPSA) is 44.2 Å². The van der Waals surface area contributed by atoms with E-state index in [-0.39, 0.29) is 6.79 Å². The van der Waals surface area contributed by atoms with Gasteiger partial charge >= 0.3 is 0 Å². The van der Waals surface area contributed by atoms with Crippen LogP contribution < -0.4 is 9.47 Å². The molecule has 1 aromatic carbocycles. The van der Waals surface area contributed by atoms with E-state index in [1.807, 2.05) is 24.3 Å². The summed E-state index contributed by atoms with van der Waals surface area (Å²) in [6, 6.07) is 7.70. The molecule has 1 aliphatic rings. The van der Waals surface area contributed by atoms with Crippen molar-refractivity contribution in [2.45, 2.75) is 6.42 Å². The number of benzene rings is 1. The summed E-state index contributed by atoms with van der Waals surface area (Å²) in [5.41, 5.74) is 1.89. The Morgan fingerprint density at radius 3 is 2.94 bits per heavy atom. The molecular formula is C13H12N2O2S. The summed E-state index contributed by atoms with van der Waals surface area (Å²) in [7, 11) is 0. The molecule has 0 amide bonds. The number of aryl methyl sites for hydroxylation is 1. The van der Waals surface area contributed by atoms with Crippen molar-refractivity contribution < 1.29 is 9.47 Å². The molecule has 0 atom stereocenters. The molecule has 0 saturated carbocycles. The average molecular weight is 260 g/mol. The van der Waals surface area contributed by atoms with Crippen LogP contribution in [0.15, 0.2) is 30.5 Å². The quantitative estimate of drug-likeness (QED) is 0.860. The Morgan fingerprint density at radius 1 is 1.17 bits per heavy atom. The molecule has 0 fully saturated rings. The number of hydrogen-bond acceptors (Lipinski definition) is 5. The third-order valence-corrected chi connectivity index (χ3v) is 2.93. The second kappa shape index (κ2) is 4.86. The number of thiol groups is 1. The summed E-state index contributed by atoms with van der Waals surface area (Å²) in [6.45, 7) is 0.285. The van der Waals surface area contributed by atoms with Gasteiger partial charge in [-0.15, -0.1) is 0 Å². The summed E-state index contributed by atoms with van der Waals surface area (Å²) in [5, 5.41) is 0. The highest BCUT2D eigenvalue weighted by atomic mass is 32.1. The van der Waals surface area contributed by atoms with Crippen LogP contribution in [0, 0.1) is 0 Å². The van der Waals surface area contributed by atoms with Crippen LogP contribution in [0.2, 0.25) is 0 Å². The van der Waals surface area contributed by atoms with Gasteiger partial charge in [0.1, 0.15) is 5.82 Å². The number of rotatable bonds is 3. The summed E-state index contributed by atoms with van der Waals surface area (Å²) in [4.78, 5) is 8.71. The first-order valence-corrected chi connectivity index (χ1v) is 6.33. The minimum Gasteiger partial charge on any atom is -0.454 e. The molecule has 0 saturated heterocycles. The van der Waals surface area contributed by atoms with Crippen LogP contribution in [-0.2, 0) is 6.42 Å². The maximum atomic E-state index is 5.36. The summed E-state index contributed by atoms with van der Waals surface area (Å²) in [6.07, 6.45) is 2.53. The van der Waals surface area contributed by atoms with Crippen molar-refractivity contribution in [1.82, 2.24) is 9.97 Å². The molecule has 0 aliphatic carbocycles. The highest BCUT2D eigenvalue weighted by molar-refractivity contribution is 7.80. The molecule has 0 unspecified atom stereocenters. The van der Waals surface area contributed by atoms with E-state index >= 15 is 0 Å². The fraction of sp³-hybridized carbons (Fsp3) is 0.231. The van der Waals surface area contributed by atoms with E-state index in [1.165, 1.54) is 0 Å². The number of nitrogens with zero attached hydrogens (tertiary/aromatic N) is 2. The van der Waals surface area contributed by atoms with Crippen molar-refractivity contribution in [3.8, 4) is 22.8 Å². The van der Waals surface area contributed by atoms with Crippen LogP contribution in [0.3, 0.4) is 0 Å². The molecule has 92 valence electrons. The molecule has 0 N–H and O–H groups in total. The van der Waals surface area contributed by atoms with Crippen molar-refractivity contribution in [3.63, 3.8) is 0 Å². The zero-order chi connectivity index (χ0) is 12.4. The average Bonchev–Trinajstić information content (AvgIpc) is 2.86. The zero-order valence-corrected chi connectivity index (χ0v) is 10.6. The van der Waals surface area contributed by atoms with E-state index < -0.39 is 0 Å². The van der Waals surface area contributed by atoms with Crippen molar-refractivity contribution in [2.75, 3.05) is 12.5 Å². The second-order valence-electron chi connectivity index (χ2n) is 3.90. The molecular weight excluding hydrogens is 248 g/mol. The van der Waals surface area contributed by atoms with Crippen LogP contribution in [-0.4, -0.2) is 22.5 Å². The fourth-order valence-electron chi connectivity index (χ4n) is 1.84. The lowest BCUT2D eigenvalue weighted by molar-refractivity contribution is 0.174. The lowest BCUT2D eigenvalue weighted by Gasteiger charge is -2.04. The number of hydrogen-bond donors (Lipinski definition) is 1. The van der Waals surface area contributed by atoms with E-state index in [9.17, 15) is 0 Å². The Morgan fingerprint density at radius 2 is 2.06 bits per heavy atom. The SMILES string of the molecule is SCCc1nccc(-c2ccc3c(c2)OCO3)n1. The first-order chi connectivity index (χ1) is 8.86. The largest absolute Gasteiger partial charge is 0.454 e. The number of fused-ring (bicyclic) bond motifs is 1. The van der Waals surface area contributed by atoms with Crippen LogP contribution in [0.25, 0.3) is 11.3 Å². The number of aromatic nitrogens is 2. The minimum absolute atomic E-state index is 0.285. The first-order valence-electron chi connectivity index (χ1n) is 5.69. The van der Waals surface area contributed by atoms with Gasteiger partial charge in [-0.3, -0.25) is 0 Å². The van der Waals surface area contributed by atoms with E-state index in [0.717, 1.165) is 40.8 Å². The van der Waals surface area contributed by atoms with Gasteiger partial charge in [0.2, 0.25) is 6.79 Å². The predicted octanol–water partition coefficient (Wildman–Crippen LogP) is 2.34. The van der Waals surface area contributed by atoms with E-state index in [4.69, 9.17) is 9.47 Å². The Balaban J connectivity index is 1.96. The molecule has 4 nitrogen and oxygen atoms in total. The van der Waals surface area contributed by atoms with Gasteiger partial charge in [-0.25, -0.2) is 9.97 Å². The van der Waals surface area contributed by atoms with Gasteiger partial charge < -0.3 is 9.47 Å². The Kier molecular flexibility index (Phi) is 3.06. The van der Waals surface area contributed by atoms with Crippen molar-refractivity contribution in [1.29, 1.82) is 0 Å². The van der Waals surface area contributed by atoms with Gasteiger partial charge in [0.15, 0.2) is 11.5 Å². The summed E-state index contributed by atoms with van der Waals surface area (Å²) >= 11 is 4.19. The summed E-state index contributed by atoms with van der Waals surface area (Å²) < 4.78 is 10.6. The first kappa shape index (κ1) is 11.3.